The highest BCUT2D eigenvalue weighted by atomic mass is 79.9. The largest absolute Gasteiger partial charge is 0.347 e. The van der Waals surface area contributed by atoms with Crippen LogP contribution >= 0.6 is 39.1 Å². The predicted octanol–water partition coefficient (Wildman–Crippen LogP) is 4.50. The lowest BCUT2D eigenvalue weighted by Gasteiger charge is -2.45. The van der Waals surface area contributed by atoms with Gasteiger partial charge in [0.25, 0.3) is 5.91 Å². The number of hydrogen-bond donors (Lipinski definition) is 0. The van der Waals surface area contributed by atoms with Crippen molar-refractivity contribution in [2.75, 3.05) is 18.0 Å². The number of Topliss-reactive ketones (excluding diaryl/α,β-unsaturated/α-hetero) is 1. The summed E-state index contributed by atoms with van der Waals surface area (Å²) in [4.78, 5) is 44.3. The molecule has 0 N–H and O–H groups in total. The minimum Gasteiger partial charge on any atom is -0.298 e. The Bertz CT molecular complexity index is 1040. The zero-order valence-corrected chi connectivity index (χ0v) is 19.7. The van der Waals surface area contributed by atoms with Gasteiger partial charge in [-0.25, -0.2) is 24.7 Å². The molecule has 1 unspecified atom stereocenters. The monoisotopic (exact) mass is 524 g/mol. The smallest absolute Gasteiger partial charge is 0.298 e. The molecule has 10 heteroatoms. The first-order valence-electron chi connectivity index (χ1n) is 9.72. The summed E-state index contributed by atoms with van der Waals surface area (Å²) in [6.45, 7) is 2.02. The molecule has 0 bridgehead atoms. The van der Waals surface area contributed by atoms with Crippen LogP contribution in [0.15, 0.2) is 40.9 Å². The van der Waals surface area contributed by atoms with Crippen molar-refractivity contribution in [1.82, 2.24) is 15.0 Å². The van der Waals surface area contributed by atoms with Gasteiger partial charge in [-0.15, -0.1) is 0 Å². The van der Waals surface area contributed by atoms with Crippen molar-refractivity contribution < 1.29 is 14.4 Å². The Morgan fingerprint density at radius 2 is 1.81 bits per heavy atom. The van der Waals surface area contributed by atoms with Crippen molar-refractivity contribution in [3.05, 3.63) is 56.7 Å². The first-order valence-corrected chi connectivity index (χ1v) is 11.3. The number of carbonyl (C=O) groups excluding carboxylic acids is 3. The van der Waals surface area contributed by atoms with Crippen molar-refractivity contribution in [3.63, 3.8) is 0 Å². The molecule has 3 heterocycles. The number of fused-ring (bicyclic) bond motifs is 1. The number of hydrogen-bond acceptors (Lipinski definition) is 5. The summed E-state index contributed by atoms with van der Waals surface area (Å²) >= 11 is 15.5. The van der Waals surface area contributed by atoms with Gasteiger partial charge < -0.3 is 0 Å². The zero-order valence-electron chi connectivity index (χ0n) is 16.6. The molecule has 7 nitrogen and oxygen atoms in total. The van der Waals surface area contributed by atoms with Crippen molar-refractivity contribution in [3.8, 4) is 0 Å². The standard InChI is InChI=1S/C21H19BrCl2N4O3/c1-13(29)12-26-8-2-7-21(11-14-3-5-15(22)6-4-14)19(30)27(20(31)28(21)26)16-9-17(23)25-18(24)10-16/h3-6,9-10H,2,7-8,11-12H2,1H3. The maximum Gasteiger partial charge on any atom is 0.347 e. The van der Waals surface area contributed by atoms with Gasteiger partial charge in [0, 0.05) is 17.4 Å². The molecule has 2 aromatic rings. The fourth-order valence-corrected chi connectivity index (χ4v) is 5.03. The SMILES string of the molecule is CC(=O)CN1CCCC2(Cc3ccc(Br)cc3)C(=O)N(c3cc(Cl)nc(Cl)c3)C(=O)N12. The molecule has 0 saturated carbocycles. The van der Waals surface area contributed by atoms with E-state index in [1.807, 2.05) is 24.3 Å². The van der Waals surface area contributed by atoms with E-state index in [-0.39, 0.29) is 34.2 Å². The summed E-state index contributed by atoms with van der Waals surface area (Å²) in [6.07, 6.45) is 1.47. The third-order valence-corrected chi connectivity index (χ3v) is 6.41. The summed E-state index contributed by atoms with van der Waals surface area (Å²) in [5, 5.41) is 3.30. The predicted molar refractivity (Wildman–Crippen MR) is 121 cm³/mol. The van der Waals surface area contributed by atoms with Crippen LogP contribution in [0, 0.1) is 0 Å². The van der Waals surface area contributed by atoms with E-state index in [0.717, 1.165) is 14.9 Å². The quantitative estimate of drug-likeness (QED) is 0.424. The first-order chi connectivity index (χ1) is 14.7. The molecule has 4 rings (SSSR count). The molecule has 1 atom stereocenters. The van der Waals surface area contributed by atoms with Crippen LogP contribution in [0.2, 0.25) is 10.3 Å². The highest BCUT2D eigenvalue weighted by Gasteiger charge is 2.61. The van der Waals surface area contributed by atoms with Crippen LogP contribution in [0.5, 0.6) is 0 Å². The molecular weight excluding hydrogens is 507 g/mol. The number of aromatic nitrogens is 1. The second-order valence-electron chi connectivity index (χ2n) is 7.73. The minimum absolute atomic E-state index is 0.0484. The summed E-state index contributed by atoms with van der Waals surface area (Å²) in [5.74, 6) is -0.458. The molecule has 2 aliphatic heterocycles. The molecule has 0 spiro atoms. The Morgan fingerprint density at radius 3 is 2.42 bits per heavy atom. The lowest BCUT2D eigenvalue weighted by molar-refractivity contribution is -0.144. The van der Waals surface area contributed by atoms with E-state index in [4.69, 9.17) is 23.2 Å². The summed E-state index contributed by atoms with van der Waals surface area (Å²) < 4.78 is 0.920. The number of benzene rings is 1. The van der Waals surface area contributed by atoms with Gasteiger partial charge in [-0.05, 0) is 49.6 Å². The molecule has 31 heavy (non-hydrogen) atoms. The van der Waals surface area contributed by atoms with Gasteiger partial charge in [-0.2, -0.15) is 0 Å². The average Bonchev–Trinajstić information content (AvgIpc) is 2.90. The second-order valence-corrected chi connectivity index (χ2v) is 9.42. The van der Waals surface area contributed by atoms with Crippen LogP contribution in [0.3, 0.4) is 0 Å². The number of urea groups is 1. The number of rotatable bonds is 5. The molecular formula is C21H19BrCl2N4O3. The third-order valence-electron chi connectivity index (χ3n) is 5.49. The van der Waals surface area contributed by atoms with Gasteiger partial charge in [-0.3, -0.25) is 9.59 Å². The van der Waals surface area contributed by atoms with Gasteiger partial charge in [0.15, 0.2) is 0 Å². The second kappa shape index (κ2) is 8.50. The maximum atomic E-state index is 13.8. The Hall–Kier alpha value is -2.00. The Morgan fingerprint density at radius 1 is 1.16 bits per heavy atom. The van der Waals surface area contributed by atoms with Gasteiger partial charge in [0.05, 0.1) is 12.2 Å². The highest BCUT2D eigenvalue weighted by Crippen LogP contribution is 2.42. The molecule has 2 fully saturated rings. The summed E-state index contributed by atoms with van der Waals surface area (Å²) in [7, 11) is 0. The summed E-state index contributed by atoms with van der Waals surface area (Å²) in [5.41, 5.74) is 0.0277. The molecule has 3 amide bonds. The van der Waals surface area contributed by atoms with Gasteiger partial charge >= 0.3 is 6.03 Å². The molecule has 0 aliphatic carbocycles. The van der Waals surface area contributed by atoms with Crippen LogP contribution in [0.1, 0.15) is 25.3 Å². The van der Waals surface area contributed by atoms with Crippen LogP contribution in [0.4, 0.5) is 10.5 Å². The number of halogens is 3. The number of amides is 3. The zero-order chi connectivity index (χ0) is 22.3. The topological polar surface area (TPSA) is 73.8 Å². The number of imide groups is 1. The van der Waals surface area contributed by atoms with Crippen LogP contribution in [-0.4, -0.2) is 51.4 Å². The van der Waals surface area contributed by atoms with E-state index < -0.39 is 11.6 Å². The third kappa shape index (κ3) is 4.09. The lowest BCUT2D eigenvalue weighted by Crippen LogP contribution is -2.62. The van der Waals surface area contributed by atoms with Crippen molar-refractivity contribution in [2.24, 2.45) is 0 Å². The Balaban J connectivity index is 1.82. The van der Waals surface area contributed by atoms with Crippen molar-refractivity contribution >= 4 is 62.5 Å². The molecule has 1 aromatic carbocycles. The molecule has 2 saturated heterocycles. The van der Waals surface area contributed by atoms with E-state index >= 15 is 0 Å². The van der Waals surface area contributed by atoms with Crippen molar-refractivity contribution in [1.29, 1.82) is 0 Å². The highest BCUT2D eigenvalue weighted by molar-refractivity contribution is 9.10. The molecule has 1 aromatic heterocycles. The van der Waals surface area contributed by atoms with Crippen LogP contribution < -0.4 is 4.90 Å². The average molecular weight is 526 g/mol. The number of nitrogens with zero attached hydrogens (tertiary/aromatic N) is 4. The number of ketones is 1. The van der Waals surface area contributed by atoms with E-state index in [0.29, 0.717) is 25.8 Å². The van der Waals surface area contributed by atoms with E-state index in [1.165, 1.54) is 24.1 Å². The van der Waals surface area contributed by atoms with Crippen molar-refractivity contribution in [2.45, 2.75) is 31.7 Å². The Kier molecular flexibility index (Phi) is 6.09. The van der Waals surface area contributed by atoms with E-state index in [9.17, 15) is 14.4 Å². The van der Waals surface area contributed by atoms with E-state index in [1.54, 1.807) is 5.01 Å². The summed E-state index contributed by atoms with van der Waals surface area (Å²) in [6, 6.07) is 9.97. The number of pyridine rings is 1. The lowest BCUT2D eigenvalue weighted by atomic mass is 9.84. The number of carbonyl (C=O) groups is 3. The van der Waals surface area contributed by atoms with Crippen LogP contribution in [0.25, 0.3) is 0 Å². The first kappa shape index (κ1) is 22.2. The molecule has 162 valence electrons. The maximum absolute atomic E-state index is 13.8. The minimum atomic E-state index is -1.14. The van der Waals surface area contributed by atoms with Crippen LogP contribution in [-0.2, 0) is 16.0 Å². The van der Waals surface area contributed by atoms with Gasteiger partial charge in [0.1, 0.15) is 21.6 Å². The molecule has 2 aliphatic rings. The number of hydrazine groups is 1. The van der Waals surface area contributed by atoms with E-state index in [2.05, 4.69) is 20.9 Å². The number of anilines is 1. The fourth-order valence-electron chi connectivity index (χ4n) is 4.32. The fraction of sp³-hybridized carbons (Fsp3) is 0.333. The van der Waals surface area contributed by atoms with Gasteiger partial charge in [-0.1, -0.05) is 51.3 Å². The van der Waals surface area contributed by atoms with Gasteiger partial charge in [0.2, 0.25) is 0 Å². The molecule has 0 radical (unpaired) electrons. The Labute approximate surface area is 198 Å². The normalized spacial score (nSPS) is 21.5.